The molecule has 2 nitrogen and oxygen atoms in total. The fourth-order valence-corrected chi connectivity index (χ4v) is 2.29. The van der Waals surface area contributed by atoms with Crippen molar-refractivity contribution in [2.45, 2.75) is 39.3 Å². The normalized spacial score (nSPS) is 12.4. The maximum absolute atomic E-state index is 9.36. The Kier molecular flexibility index (Phi) is 4.80. The zero-order chi connectivity index (χ0) is 14.5. The molecule has 2 aromatic rings. The molecule has 0 spiro atoms. The number of aliphatic hydroxyl groups excluding tert-OH is 1. The highest BCUT2D eigenvalue weighted by Gasteiger charge is 2.08. The smallest absolute Gasteiger partial charge is 0.0701 e. The van der Waals surface area contributed by atoms with E-state index in [0.29, 0.717) is 5.92 Å². The Morgan fingerprint density at radius 1 is 0.900 bits per heavy atom. The Hall–Kier alpha value is -1.80. The molecule has 0 aliphatic rings. The third-order valence-corrected chi connectivity index (χ3v) is 3.66. The lowest BCUT2D eigenvalue weighted by molar-refractivity contribution is 0.282. The van der Waals surface area contributed by atoms with E-state index in [1.54, 1.807) is 0 Å². The summed E-state index contributed by atoms with van der Waals surface area (Å²) in [6.45, 7) is 6.60. The molecule has 0 bridgehead atoms. The minimum absolute atomic E-state index is 0.0577. The number of benzene rings is 2. The second-order valence-corrected chi connectivity index (χ2v) is 5.50. The van der Waals surface area contributed by atoms with Crippen molar-refractivity contribution in [2.24, 2.45) is 0 Å². The second kappa shape index (κ2) is 6.58. The van der Waals surface area contributed by atoms with Crippen LogP contribution in [-0.2, 0) is 6.61 Å². The van der Waals surface area contributed by atoms with Crippen LogP contribution in [0.2, 0.25) is 0 Å². The van der Waals surface area contributed by atoms with E-state index >= 15 is 0 Å². The molecule has 0 aliphatic carbocycles. The van der Waals surface area contributed by atoms with Gasteiger partial charge in [0.25, 0.3) is 0 Å². The second-order valence-electron chi connectivity index (χ2n) is 5.50. The molecule has 2 heteroatoms. The predicted molar refractivity (Wildman–Crippen MR) is 84.9 cm³/mol. The summed E-state index contributed by atoms with van der Waals surface area (Å²) in [6.07, 6.45) is 0. The van der Waals surface area contributed by atoms with E-state index in [2.05, 4.69) is 50.4 Å². The number of rotatable bonds is 5. The van der Waals surface area contributed by atoms with Crippen LogP contribution >= 0.6 is 0 Å². The van der Waals surface area contributed by atoms with Gasteiger partial charge < -0.3 is 10.4 Å². The fraction of sp³-hybridized carbons (Fsp3) is 0.333. The van der Waals surface area contributed by atoms with Gasteiger partial charge in [0, 0.05) is 17.3 Å². The Balaban J connectivity index is 2.13. The minimum atomic E-state index is 0.0577. The van der Waals surface area contributed by atoms with Crippen molar-refractivity contribution in [1.29, 1.82) is 0 Å². The number of hydrogen-bond acceptors (Lipinski definition) is 2. The standard InChI is InChI=1S/C18H23NO/c1-13(2)15-8-10-16(11-9-15)14(3)19-18-7-5-4-6-17(18)12-20/h4-11,13-14,19-20H,12H2,1-3H3. The number of para-hydroxylation sites is 1. The van der Waals surface area contributed by atoms with Crippen molar-refractivity contribution in [3.63, 3.8) is 0 Å². The van der Waals surface area contributed by atoms with Gasteiger partial charge in [0.2, 0.25) is 0 Å². The molecule has 2 aromatic carbocycles. The molecule has 0 heterocycles. The molecule has 0 amide bonds. The summed E-state index contributed by atoms with van der Waals surface area (Å²) in [4.78, 5) is 0. The van der Waals surface area contributed by atoms with Gasteiger partial charge in [0.15, 0.2) is 0 Å². The molecule has 0 saturated heterocycles. The summed E-state index contributed by atoms with van der Waals surface area (Å²) in [6, 6.07) is 16.8. The summed E-state index contributed by atoms with van der Waals surface area (Å²) in [7, 11) is 0. The van der Waals surface area contributed by atoms with E-state index in [1.807, 2.05) is 24.3 Å². The third kappa shape index (κ3) is 3.40. The first-order chi connectivity index (χ1) is 9.61. The van der Waals surface area contributed by atoms with E-state index < -0.39 is 0 Å². The molecule has 0 fully saturated rings. The van der Waals surface area contributed by atoms with E-state index in [9.17, 15) is 5.11 Å². The first-order valence-electron chi connectivity index (χ1n) is 7.17. The zero-order valence-corrected chi connectivity index (χ0v) is 12.4. The minimum Gasteiger partial charge on any atom is -0.392 e. The molecule has 2 rings (SSSR count). The van der Waals surface area contributed by atoms with Crippen molar-refractivity contribution in [2.75, 3.05) is 5.32 Å². The van der Waals surface area contributed by atoms with Gasteiger partial charge in [-0.1, -0.05) is 56.3 Å². The van der Waals surface area contributed by atoms with Gasteiger partial charge in [0.05, 0.1) is 6.61 Å². The lowest BCUT2D eigenvalue weighted by Gasteiger charge is -2.18. The molecule has 1 atom stereocenters. The van der Waals surface area contributed by atoms with Crippen LogP contribution in [0.4, 0.5) is 5.69 Å². The van der Waals surface area contributed by atoms with Crippen LogP contribution in [0, 0.1) is 0 Å². The summed E-state index contributed by atoms with van der Waals surface area (Å²) in [5.41, 5.74) is 4.53. The Labute approximate surface area is 121 Å². The van der Waals surface area contributed by atoms with E-state index in [1.165, 1.54) is 11.1 Å². The summed E-state index contributed by atoms with van der Waals surface area (Å²) in [5, 5.41) is 12.8. The largest absolute Gasteiger partial charge is 0.392 e. The quantitative estimate of drug-likeness (QED) is 0.839. The van der Waals surface area contributed by atoms with E-state index in [0.717, 1.165) is 11.3 Å². The monoisotopic (exact) mass is 269 g/mol. The molecule has 2 N–H and O–H groups in total. The molecule has 0 radical (unpaired) electrons. The van der Waals surface area contributed by atoms with Crippen LogP contribution in [0.25, 0.3) is 0 Å². The average molecular weight is 269 g/mol. The van der Waals surface area contributed by atoms with Crippen molar-refractivity contribution in [1.82, 2.24) is 0 Å². The maximum Gasteiger partial charge on any atom is 0.0701 e. The predicted octanol–water partition coefficient (Wildman–Crippen LogP) is 4.48. The van der Waals surface area contributed by atoms with Crippen molar-refractivity contribution in [3.05, 3.63) is 65.2 Å². The molecular formula is C18H23NO. The van der Waals surface area contributed by atoms with E-state index in [-0.39, 0.29) is 12.6 Å². The first-order valence-corrected chi connectivity index (χ1v) is 7.17. The van der Waals surface area contributed by atoms with Crippen LogP contribution in [0.1, 0.15) is 49.4 Å². The van der Waals surface area contributed by atoms with Gasteiger partial charge >= 0.3 is 0 Å². The van der Waals surface area contributed by atoms with Gasteiger partial charge in [-0.3, -0.25) is 0 Å². The highest BCUT2D eigenvalue weighted by atomic mass is 16.3. The molecule has 0 aliphatic heterocycles. The fourth-order valence-electron chi connectivity index (χ4n) is 2.29. The van der Waals surface area contributed by atoms with Gasteiger partial charge in [-0.15, -0.1) is 0 Å². The number of aliphatic hydroxyl groups is 1. The maximum atomic E-state index is 9.36. The Morgan fingerprint density at radius 2 is 1.50 bits per heavy atom. The molecule has 0 aromatic heterocycles. The van der Waals surface area contributed by atoms with Crippen molar-refractivity contribution >= 4 is 5.69 Å². The third-order valence-electron chi connectivity index (χ3n) is 3.66. The number of hydrogen-bond donors (Lipinski definition) is 2. The number of anilines is 1. The molecule has 0 saturated carbocycles. The summed E-state index contributed by atoms with van der Waals surface area (Å²) >= 11 is 0. The van der Waals surface area contributed by atoms with Crippen LogP contribution in [0.3, 0.4) is 0 Å². The van der Waals surface area contributed by atoms with Crippen LogP contribution in [0.5, 0.6) is 0 Å². The van der Waals surface area contributed by atoms with Gasteiger partial charge in [0.1, 0.15) is 0 Å². The Bertz CT molecular complexity index is 546. The molecule has 1 unspecified atom stereocenters. The summed E-state index contributed by atoms with van der Waals surface area (Å²) < 4.78 is 0. The molecule has 106 valence electrons. The first kappa shape index (κ1) is 14.6. The van der Waals surface area contributed by atoms with Gasteiger partial charge in [-0.2, -0.15) is 0 Å². The highest BCUT2D eigenvalue weighted by molar-refractivity contribution is 5.52. The van der Waals surface area contributed by atoms with Crippen LogP contribution < -0.4 is 5.32 Å². The molecule has 20 heavy (non-hydrogen) atoms. The van der Waals surface area contributed by atoms with Gasteiger partial charge in [-0.25, -0.2) is 0 Å². The van der Waals surface area contributed by atoms with Crippen LogP contribution in [0.15, 0.2) is 48.5 Å². The lowest BCUT2D eigenvalue weighted by atomic mass is 9.99. The van der Waals surface area contributed by atoms with Crippen LogP contribution in [-0.4, -0.2) is 5.11 Å². The average Bonchev–Trinajstić information content (AvgIpc) is 2.48. The lowest BCUT2D eigenvalue weighted by Crippen LogP contribution is -2.08. The topological polar surface area (TPSA) is 32.3 Å². The number of nitrogens with one attached hydrogen (secondary N) is 1. The Morgan fingerprint density at radius 3 is 2.10 bits per heavy atom. The highest BCUT2D eigenvalue weighted by Crippen LogP contribution is 2.24. The van der Waals surface area contributed by atoms with Gasteiger partial charge in [-0.05, 0) is 30.0 Å². The van der Waals surface area contributed by atoms with E-state index in [4.69, 9.17) is 0 Å². The SMILES string of the molecule is CC(C)c1ccc(C(C)Nc2ccccc2CO)cc1. The molecular weight excluding hydrogens is 246 g/mol. The van der Waals surface area contributed by atoms with Crippen molar-refractivity contribution in [3.8, 4) is 0 Å². The summed E-state index contributed by atoms with van der Waals surface area (Å²) in [5.74, 6) is 0.558. The zero-order valence-electron chi connectivity index (χ0n) is 12.4. The van der Waals surface area contributed by atoms with Crippen molar-refractivity contribution < 1.29 is 5.11 Å².